The number of hydrogen-bond acceptors (Lipinski definition) is 1. The summed E-state index contributed by atoms with van der Waals surface area (Å²) in [6.45, 7) is 4.04. The van der Waals surface area contributed by atoms with E-state index >= 15 is 0 Å². The normalized spacial score (nSPS) is 18.2. The molecule has 1 saturated carbocycles. The first-order chi connectivity index (χ1) is 6.33. The molecule has 13 heavy (non-hydrogen) atoms. The van der Waals surface area contributed by atoms with Crippen LogP contribution in [0.5, 0.6) is 0 Å². The van der Waals surface area contributed by atoms with Crippen molar-refractivity contribution < 1.29 is 0 Å². The van der Waals surface area contributed by atoms with E-state index in [0.717, 1.165) is 24.1 Å². The number of thiocarbonyl (C=S) groups is 1. The maximum absolute atomic E-state index is 5.10. The van der Waals surface area contributed by atoms with Crippen molar-refractivity contribution in [1.82, 2.24) is 10.6 Å². The molecule has 0 heterocycles. The van der Waals surface area contributed by atoms with Gasteiger partial charge in [0.15, 0.2) is 5.11 Å². The van der Waals surface area contributed by atoms with Gasteiger partial charge < -0.3 is 10.6 Å². The van der Waals surface area contributed by atoms with Gasteiger partial charge in [0.05, 0.1) is 0 Å². The Morgan fingerprint density at radius 2 is 1.92 bits per heavy atom. The van der Waals surface area contributed by atoms with Gasteiger partial charge in [-0.1, -0.05) is 19.3 Å². The average Bonchev–Trinajstić information content (AvgIpc) is 2.17. The molecule has 1 aliphatic carbocycles. The van der Waals surface area contributed by atoms with Crippen molar-refractivity contribution in [2.75, 3.05) is 13.1 Å². The van der Waals surface area contributed by atoms with Crippen LogP contribution in [0, 0.1) is 5.92 Å². The molecule has 76 valence electrons. The van der Waals surface area contributed by atoms with Gasteiger partial charge in [0.25, 0.3) is 0 Å². The highest BCUT2D eigenvalue weighted by atomic mass is 32.1. The third-order valence-corrected chi connectivity index (χ3v) is 2.90. The minimum Gasteiger partial charge on any atom is -0.363 e. The van der Waals surface area contributed by atoms with Crippen molar-refractivity contribution in [1.29, 1.82) is 0 Å². The molecule has 0 amide bonds. The van der Waals surface area contributed by atoms with E-state index in [1.54, 1.807) is 0 Å². The Hall–Kier alpha value is -0.310. The van der Waals surface area contributed by atoms with E-state index in [-0.39, 0.29) is 0 Å². The molecule has 0 spiro atoms. The lowest BCUT2D eigenvalue weighted by Gasteiger charge is -2.22. The third kappa shape index (κ3) is 4.46. The van der Waals surface area contributed by atoms with Crippen LogP contribution in [0.4, 0.5) is 0 Å². The van der Waals surface area contributed by atoms with Crippen molar-refractivity contribution in [2.24, 2.45) is 5.92 Å². The van der Waals surface area contributed by atoms with Gasteiger partial charge in [-0.05, 0) is 37.9 Å². The number of rotatable bonds is 3. The van der Waals surface area contributed by atoms with Crippen LogP contribution in [-0.2, 0) is 0 Å². The zero-order valence-corrected chi connectivity index (χ0v) is 9.25. The molecule has 0 aromatic carbocycles. The van der Waals surface area contributed by atoms with Gasteiger partial charge in [-0.2, -0.15) is 0 Å². The Morgan fingerprint density at radius 1 is 1.23 bits per heavy atom. The van der Waals surface area contributed by atoms with Crippen LogP contribution in [0.3, 0.4) is 0 Å². The maximum atomic E-state index is 5.10. The molecule has 0 aromatic rings. The summed E-state index contributed by atoms with van der Waals surface area (Å²) in [5, 5.41) is 7.19. The monoisotopic (exact) mass is 200 g/mol. The van der Waals surface area contributed by atoms with Gasteiger partial charge in [-0.3, -0.25) is 0 Å². The number of hydrogen-bond donors (Lipinski definition) is 2. The zero-order valence-electron chi connectivity index (χ0n) is 8.44. The van der Waals surface area contributed by atoms with E-state index < -0.39 is 0 Å². The van der Waals surface area contributed by atoms with E-state index in [1.165, 1.54) is 32.1 Å². The van der Waals surface area contributed by atoms with Crippen LogP contribution >= 0.6 is 12.2 Å². The molecular formula is C10H20N2S. The Balaban J connectivity index is 2.06. The van der Waals surface area contributed by atoms with E-state index in [0.29, 0.717) is 0 Å². The van der Waals surface area contributed by atoms with Crippen molar-refractivity contribution in [2.45, 2.75) is 39.0 Å². The van der Waals surface area contributed by atoms with E-state index in [4.69, 9.17) is 12.2 Å². The second-order valence-electron chi connectivity index (χ2n) is 3.74. The fourth-order valence-electron chi connectivity index (χ4n) is 1.85. The molecule has 0 atom stereocenters. The average molecular weight is 200 g/mol. The summed E-state index contributed by atoms with van der Waals surface area (Å²) in [7, 11) is 0. The fourth-order valence-corrected chi connectivity index (χ4v) is 2.08. The third-order valence-electron chi connectivity index (χ3n) is 2.61. The lowest BCUT2D eigenvalue weighted by molar-refractivity contribution is 0.356. The van der Waals surface area contributed by atoms with Crippen LogP contribution in [0.25, 0.3) is 0 Å². The van der Waals surface area contributed by atoms with E-state index in [9.17, 15) is 0 Å². The summed E-state index contributed by atoms with van der Waals surface area (Å²) in [4.78, 5) is 0. The quantitative estimate of drug-likeness (QED) is 0.682. The molecule has 0 aliphatic heterocycles. The smallest absolute Gasteiger partial charge is 0.166 e. The van der Waals surface area contributed by atoms with Gasteiger partial charge >= 0.3 is 0 Å². The Kier molecular flexibility index (Phi) is 5.13. The van der Waals surface area contributed by atoms with E-state index in [1.807, 2.05) is 0 Å². The lowest BCUT2D eigenvalue weighted by atomic mass is 9.89. The van der Waals surface area contributed by atoms with Crippen LogP contribution in [0.1, 0.15) is 39.0 Å². The topological polar surface area (TPSA) is 24.1 Å². The molecule has 2 nitrogen and oxygen atoms in total. The summed E-state index contributed by atoms with van der Waals surface area (Å²) in [6, 6.07) is 0. The van der Waals surface area contributed by atoms with Crippen LogP contribution in [-0.4, -0.2) is 18.2 Å². The molecule has 1 rings (SSSR count). The van der Waals surface area contributed by atoms with Crippen molar-refractivity contribution in [3.63, 3.8) is 0 Å². The minimum absolute atomic E-state index is 0.813. The highest BCUT2D eigenvalue weighted by Crippen LogP contribution is 2.22. The molecular weight excluding hydrogens is 180 g/mol. The Labute approximate surface area is 86.5 Å². The van der Waals surface area contributed by atoms with Crippen LogP contribution in [0.15, 0.2) is 0 Å². The van der Waals surface area contributed by atoms with Gasteiger partial charge in [0.1, 0.15) is 0 Å². The molecule has 2 N–H and O–H groups in total. The molecule has 0 unspecified atom stereocenters. The Morgan fingerprint density at radius 3 is 2.54 bits per heavy atom. The van der Waals surface area contributed by atoms with Gasteiger partial charge in [0.2, 0.25) is 0 Å². The second-order valence-corrected chi connectivity index (χ2v) is 4.15. The fraction of sp³-hybridized carbons (Fsp3) is 0.900. The standard InChI is InChI=1S/C10H20N2S/c1-2-11-10(13)12-8-9-6-4-3-5-7-9/h9H,2-8H2,1H3,(H2,11,12,13). The first-order valence-electron chi connectivity index (χ1n) is 5.34. The molecule has 0 radical (unpaired) electrons. The molecule has 0 saturated heterocycles. The first-order valence-corrected chi connectivity index (χ1v) is 5.75. The van der Waals surface area contributed by atoms with Crippen molar-refractivity contribution >= 4 is 17.3 Å². The lowest BCUT2D eigenvalue weighted by Crippen LogP contribution is -2.38. The summed E-state index contributed by atoms with van der Waals surface area (Å²) < 4.78 is 0. The van der Waals surface area contributed by atoms with E-state index in [2.05, 4.69) is 17.6 Å². The number of nitrogens with one attached hydrogen (secondary N) is 2. The SMILES string of the molecule is CCNC(=S)NCC1CCCCC1. The molecule has 1 aliphatic rings. The van der Waals surface area contributed by atoms with Gasteiger partial charge in [0, 0.05) is 13.1 Å². The predicted octanol–water partition coefficient (Wildman–Crippen LogP) is 2.05. The second kappa shape index (κ2) is 6.19. The highest BCUT2D eigenvalue weighted by molar-refractivity contribution is 7.80. The Bertz CT molecular complexity index is 153. The molecule has 3 heteroatoms. The molecule has 1 fully saturated rings. The maximum Gasteiger partial charge on any atom is 0.166 e. The summed E-state index contributed by atoms with van der Waals surface area (Å²) >= 11 is 5.10. The minimum atomic E-state index is 0.813. The van der Waals surface area contributed by atoms with Crippen molar-refractivity contribution in [3.05, 3.63) is 0 Å². The van der Waals surface area contributed by atoms with Crippen LogP contribution < -0.4 is 10.6 Å². The predicted molar refractivity (Wildman–Crippen MR) is 60.9 cm³/mol. The summed E-state index contributed by atoms with van der Waals surface area (Å²) in [5.41, 5.74) is 0. The zero-order chi connectivity index (χ0) is 9.52. The van der Waals surface area contributed by atoms with Crippen molar-refractivity contribution in [3.8, 4) is 0 Å². The molecule has 0 aromatic heterocycles. The highest BCUT2D eigenvalue weighted by Gasteiger charge is 2.12. The van der Waals surface area contributed by atoms with Crippen LogP contribution in [0.2, 0.25) is 0 Å². The largest absolute Gasteiger partial charge is 0.363 e. The molecule has 0 bridgehead atoms. The first kappa shape index (κ1) is 10.8. The summed E-state index contributed by atoms with van der Waals surface area (Å²) in [6.07, 6.45) is 6.98. The van der Waals surface area contributed by atoms with Gasteiger partial charge in [-0.15, -0.1) is 0 Å². The summed E-state index contributed by atoms with van der Waals surface area (Å²) in [5.74, 6) is 0.852. The van der Waals surface area contributed by atoms with Gasteiger partial charge in [-0.25, -0.2) is 0 Å².